The summed E-state index contributed by atoms with van der Waals surface area (Å²) in [6.45, 7) is 5.28. The van der Waals surface area contributed by atoms with Gasteiger partial charge in [-0.05, 0) is 66.9 Å². The molecule has 1 N–H and O–H groups in total. The first-order valence-electron chi connectivity index (χ1n) is 9.95. The number of rotatable bonds is 5. The molecule has 2 amide bonds. The summed E-state index contributed by atoms with van der Waals surface area (Å²) in [4.78, 5) is 33.5. The summed E-state index contributed by atoms with van der Waals surface area (Å²) in [5, 5.41) is 7.00. The van der Waals surface area contributed by atoms with Gasteiger partial charge in [0.05, 0.1) is 11.3 Å². The quantitative estimate of drug-likeness (QED) is 0.596. The lowest BCUT2D eigenvalue weighted by Gasteiger charge is -2.30. The van der Waals surface area contributed by atoms with E-state index >= 15 is 0 Å². The summed E-state index contributed by atoms with van der Waals surface area (Å²) in [6.07, 6.45) is 4.53. The molecule has 31 heavy (non-hydrogen) atoms. The minimum atomic E-state index is -0.0947. The first-order valence-corrected chi connectivity index (χ1v) is 11.9. The highest BCUT2D eigenvalue weighted by molar-refractivity contribution is 7.98. The van der Waals surface area contributed by atoms with Crippen molar-refractivity contribution >= 4 is 35.1 Å². The van der Waals surface area contributed by atoms with Gasteiger partial charge >= 0.3 is 0 Å². The second kappa shape index (κ2) is 9.15. The van der Waals surface area contributed by atoms with Crippen molar-refractivity contribution in [1.29, 1.82) is 0 Å². The van der Waals surface area contributed by atoms with Gasteiger partial charge in [-0.1, -0.05) is 16.6 Å². The van der Waals surface area contributed by atoms with Gasteiger partial charge in [-0.2, -0.15) is 0 Å². The maximum atomic E-state index is 12.9. The van der Waals surface area contributed by atoms with E-state index in [1.54, 1.807) is 18.7 Å². The molecule has 1 aromatic carbocycles. The van der Waals surface area contributed by atoms with Crippen LogP contribution in [0.15, 0.2) is 35.4 Å². The number of benzene rings is 1. The van der Waals surface area contributed by atoms with Gasteiger partial charge in [-0.25, -0.2) is 0 Å². The molecule has 1 aliphatic heterocycles. The summed E-state index contributed by atoms with van der Waals surface area (Å²) >= 11 is 2.69. The number of hydrogen-bond donors (Lipinski definition) is 1. The van der Waals surface area contributed by atoms with E-state index in [1.165, 1.54) is 5.56 Å². The number of nitrogens with zero attached hydrogens (tertiary/aromatic N) is 4. The molecule has 0 fully saturated rings. The lowest BCUT2D eigenvalue weighted by atomic mass is 9.94. The van der Waals surface area contributed by atoms with E-state index in [1.807, 2.05) is 48.5 Å². The molecule has 4 rings (SSSR count). The van der Waals surface area contributed by atoms with E-state index in [0.717, 1.165) is 39.7 Å². The van der Waals surface area contributed by atoms with Crippen molar-refractivity contribution in [3.63, 3.8) is 0 Å². The van der Waals surface area contributed by atoms with Crippen LogP contribution in [0.3, 0.4) is 0 Å². The summed E-state index contributed by atoms with van der Waals surface area (Å²) in [7, 11) is 0. The van der Waals surface area contributed by atoms with Gasteiger partial charge in [0.1, 0.15) is 4.88 Å². The second-order valence-corrected chi connectivity index (χ2v) is 8.98. The molecule has 3 heterocycles. The van der Waals surface area contributed by atoms with E-state index in [2.05, 4.69) is 19.9 Å². The fraction of sp³-hybridized carbons (Fsp3) is 0.318. The molecule has 2 aromatic heterocycles. The van der Waals surface area contributed by atoms with Crippen molar-refractivity contribution in [2.45, 2.75) is 38.3 Å². The largest absolute Gasteiger partial charge is 0.348 e. The number of amides is 2. The number of hydrogen-bond acceptors (Lipinski definition) is 7. The van der Waals surface area contributed by atoms with Crippen LogP contribution in [0, 0.1) is 13.8 Å². The van der Waals surface area contributed by atoms with E-state index < -0.39 is 0 Å². The molecule has 0 radical (unpaired) electrons. The Kier molecular flexibility index (Phi) is 6.33. The number of carbonyl (C=O) groups is 2. The van der Waals surface area contributed by atoms with Crippen LogP contribution in [-0.2, 0) is 19.5 Å². The third-order valence-corrected chi connectivity index (χ3v) is 7.12. The number of thioether (sulfide) groups is 1. The molecule has 9 heteroatoms. The standard InChI is InChI=1S/C22H23N5O2S2/c1-13-18(11-24-21(28)17-6-4-5-7-19(17)30-3)16-8-9-27(12-15(16)10-23-13)22(29)20-14(2)25-26-31-20/h4-7,10H,8-9,11-12H2,1-3H3,(H,24,28). The lowest BCUT2D eigenvalue weighted by molar-refractivity contribution is 0.0738. The third kappa shape index (κ3) is 4.33. The van der Waals surface area contributed by atoms with Crippen LogP contribution in [0.5, 0.6) is 0 Å². The van der Waals surface area contributed by atoms with Gasteiger partial charge in [-0.15, -0.1) is 16.9 Å². The summed E-state index contributed by atoms with van der Waals surface area (Å²) < 4.78 is 3.88. The average Bonchev–Trinajstić information content (AvgIpc) is 3.23. The SMILES string of the molecule is CSc1ccccc1C(=O)NCc1c(C)ncc2c1CCN(C(=O)c1snnc1C)C2. The van der Waals surface area contributed by atoms with Gasteiger partial charge in [0.25, 0.3) is 11.8 Å². The predicted octanol–water partition coefficient (Wildman–Crippen LogP) is 3.40. The van der Waals surface area contributed by atoms with Crippen LogP contribution in [0.2, 0.25) is 0 Å². The van der Waals surface area contributed by atoms with Crippen molar-refractivity contribution in [1.82, 2.24) is 24.8 Å². The molecular formula is C22H23N5O2S2. The number of pyridine rings is 1. The van der Waals surface area contributed by atoms with Crippen molar-refractivity contribution in [3.8, 4) is 0 Å². The normalized spacial score (nSPS) is 13.1. The molecule has 0 saturated heterocycles. The highest BCUT2D eigenvalue weighted by Crippen LogP contribution is 2.26. The predicted molar refractivity (Wildman–Crippen MR) is 121 cm³/mol. The van der Waals surface area contributed by atoms with Gasteiger partial charge in [-0.3, -0.25) is 14.6 Å². The van der Waals surface area contributed by atoms with Crippen molar-refractivity contribution < 1.29 is 9.59 Å². The topological polar surface area (TPSA) is 88.1 Å². The van der Waals surface area contributed by atoms with Gasteiger partial charge < -0.3 is 10.2 Å². The molecule has 0 aliphatic carbocycles. The zero-order valence-corrected chi connectivity index (χ0v) is 19.3. The number of carbonyl (C=O) groups excluding carboxylic acids is 2. The highest BCUT2D eigenvalue weighted by atomic mass is 32.2. The molecule has 0 unspecified atom stereocenters. The minimum absolute atomic E-state index is 0.0396. The summed E-state index contributed by atoms with van der Waals surface area (Å²) in [5.74, 6) is -0.134. The van der Waals surface area contributed by atoms with E-state index in [0.29, 0.717) is 35.8 Å². The Morgan fingerprint density at radius 1 is 1.23 bits per heavy atom. The molecule has 1 aliphatic rings. The molecular weight excluding hydrogens is 430 g/mol. The molecule has 0 spiro atoms. The Hall–Kier alpha value is -2.78. The minimum Gasteiger partial charge on any atom is -0.348 e. The molecule has 3 aromatic rings. The average molecular weight is 454 g/mol. The number of aromatic nitrogens is 3. The van der Waals surface area contributed by atoms with Gasteiger partial charge in [0, 0.05) is 36.4 Å². The van der Waals surface area contributed by atoms with Crippen molar-refractivity contribution in [2.75, 3.05) is 12.8 Å². The van der Waals surface area contributed by atoms with Gasteiger partial charge in [0.2, 0.25) is 0 Å². The number of aryl methyl sites for hydroxylation is 2. The van der Waals surface area contributed by atoms with E-state index in [4.69, 9.17) is 0 Å². The second-order valence-electron chi connectivity index (χ2n) is 7.37. The first kappa shape index (κ1) is 21.5. The van der Waals surface area contributed by atoms with Crippen LogP contribution in [-0.4, -0.2) is 44.1 Å². The molecule has 0 saturated carbocycles. The van der Waals surface area contributed by atoms with Crippen LogP contribution in [0.25, 0.3) is 0 Å². The van der Waals surface area contributed by atoms with E-state index in [-0.39, 0.29) is 11.8 Å². The van der Waals surface area contributed by atoms with Crippen LogP contribution in [0.1, 0.15) is 48.1 Å². The Bertz CT molecular complexity index is 1140. The highest BCUT2D eigenvalue weighted by Gasteiger charge is 2.27. The maximum absolute atomic E-state index is 12.9. The fourth-order valence-electron chi connectivity index (χ4n) is 3.80. The van der Waals surface area contributed by atoms with E-state index in [9.17, 15) is 9.59 Å². The van der Waals surface area contributed by atoms with Crippen molar-refractivity contribution in [2.24, 2.45) is 0 Å². The van der Waals surface area contributed by atoms with Crippen LogP contribution < -0.4 is 5.32 Å². The monoisotopic (exact) mass is 453 g/mol. The summed E-state index contributed by atoms with van der Waals surface area (Å²) in [6, 6.07) is 7.59. The Balaban J connectivity index is 1.52. The van der Waals surface area contributed by atoms with Crippen LogP contribution >= 0.6 is 23.3 Å². The maximum Gasteiger partial charge on any atom is 0.267 e. The molecule has 7 nitrogen and oxygen atoms in total. The molecule has 0 bridgehead atoms. The number of fused-ring (bicyclic) bond motifs is 1. The smallest absolute Gasteiger partial charge is 0.267 e. The zero-order valence-electron chi connectivity index (χ0n) is 17.6. The number of nitrogens with one attached hydrogen (secondary N) is 1. The lowest BCUT2D eigenvalue weighted by Crippen LogP contribution is -2.37. The zero-order chi connectivity index (χ0) is 22.0. The van der Waals surface area contributed by atoms with Crippen molar-refractivity contribution in [3.05, 3.63) is 69.0 Å². The van der Waals surface area contributed by atoms with Gasteiger partial charge in [0.15, 0.2) is 0 Å². The third-order valence-electron chi connectivity index (χ3n) is 5.51. The Morgan fingerprint density at radius 3 is 2.77 bits per heavy atom. The van der Waals surface area contributed by atoms with Crippen LogP contribution in [0.4, 0.5) is 0 Å². The Morgan fingerprint density at radius 2 is 2.03 bits per heavy atom. The first-order chi connectivity index (χ1) is 15.0. The molecule has 0 atom stereocenters. The summed E-state index contributed by atoms with van der Waals surface area (Å²) in [5.41, 5.74) is 5.48. The molecule has 160 valence electrons. The fourth-order valence-corrected chi connectivity index (χ4v) is 5.02. The Labute approximate surface area is 189 Å².